The molecule has 2 nitrogen and oxygen atoms in total. The Morgan fingerprint density at radius 1 is 0.929 bits per heavy atom. The summed E-state index contributed by atoms with van der Waals surface area (Å²) in [5.74, 6) is 1.45. The number of oxime groups is 1. The molecule has 2 fully saturated rings. The van der Waals surface area contributed by atoms with E-state index in [1.807, 2.05) is 0 Å². The van der Waals surface area contributed by atoms with Crippen LogP contribution >= 0.6 is 0 Å². The van der Waals surface area contributed by atoms with Crippen molar-refractivity contribution in [3.63, 3.8) is 0 Å². The average molecular weight is 195 g/mol. The molecule has 2 aliphatic rings. The minimum atomic E-state index is 0.619. The average Bonchev–Trinajstić information content (AvgIpc) is 2.30. The maximum Gasteiger partial charge on any atom is 0.0604 e. The summed E-state index contributed by atoms with van der Waals surface area (Å²) >= 11 is 0. The van der Waals surface area contributed by atoms with E-state index in [-0.39, 0.29) is 0 Å². The molecule has 2 rings (SSSR count). The van der Waals surface area contributed by atoms with Crippen LogP contribution in [0, 0.1) is 11.8 Å². The molecule has 0 radical (unpaired) electrons. The lowest BCUT2D eigenvalue weighted by Crippen LogP contribution is -2.28. The summed E-state index contributed by atoms with van der Waals surface area (Å²) < 4.78 is 0. The van der Waals surface area contributed by atoms with Crippen LogP contribution in [0.1, 0.15) is 57.8 Å². The second-order valence-electron chi connectivity index (χ2n) is 4.84. The predicted molar refractivity (Wildman–Crippen MR) is 57.8 cm³/mol. The fourth-order valence-electron chi connectivity index (χ4n) is 3.19. The van der Waals surface area contributed by atoms with Gasteiger partial charge < -0.3 is 5.21 Å². The van der Waals surface area contributed by atoms with E-state index < -0.39 is 0 Å². The van der Waals surface area contributed by atoms with Gasteiger partial charge in [-0.15, -0.1) is 0 Å². The third-order valence-electron chi connectivity index (χ3n) is 3.97. The van der Waals surface area contributed by atoms with E-state index in [0.717, 1.165) is 18.1 Å². The molecule has 14 heavy (non-hydrogen) atoms. The van der Waals surface area contributed by atoms with E-state index in [1.165, 1.54) is 51.4 Å². The van der Waals surface area contributed by atoms with Crippen molar-refractivity contribution in [1.82, 2.24) is 0 Å². The van der Waals surface area contributed by atoms with Gasteiger partial charge in [-0.05, 0) is 38.0 Å². The summed E-state index contributed by atoms with van der Waals surface area (Å²) in [6, 6.07) is 0. The molecular formula is C12H21NO. The van der Waals surface area contributed by atoms with Crippen molar-refractivity contribution >= 4 is 5.71 Å². The zero-order valence-electron chi connectivity index (χ0n) is 8.91. The fourth-order valence-corrected chi connectivity index (χ4v) is 3.19. The Labute approximate surface area is 86.4 Å². The minimum Gasteiger partial charge on any atom is -0.411 e. The highest BCUT2D eigenvalue weighted by Gasteiger charge is 2.29. The second-order valence-corrected chi connectivity index (χ2v) is 4.84. The highest BCUT2D eigenvalue weighted by atomic mass is 16.4. The summed E-state index contributed by atoms with van der Waals surface area (Å²) in [7, 11) is 0. The maximum atomic E-state index is 8.98. The molecule has 2 saturated carbocycles. The Bertz CT molecular complexity index is 206. The highest BCUT2D eigenvalue weighted by Crippen LogP contribution is 2.36. The van der Waals surface area contributed by atoms with Crippen molar-refractivity contribution in [3.05, 3.63) is 0 Å². The summed E-state index contributed by atoms with van der Waals surface area (Å²) in [5.41, 5.74) is 1.10. The maximum absolute atomic E-state index is 8.98. The molecule has 1 N–H and O–H groups in total. The molecule has 2 aliphatic carbocycles. The molecule has 0 heterocycles. The van der Waals surface area contributed by atoms with Crippen LogP contribution < -0.4 is 0 Å². The Kier molecular flexibility index (Phi) is 3.44. The van der Waals surface area contributed by atoms with Gasteiger partial charge in [0, 0.05) is 5.92 Å². The summed E-state index contributed by atoms with van der Waals surface area (Å²) in [4.78, 5) is 0. The van der Waals surface area contributed by atoms with Crippen LogP contribution in [0.15, 0.2) is 5.16 Å². The molecule has 0 amide bonds. The molecule has 0 aromatic rings. The van der Waals surface area contributed by atoms with Crippen molar-refractivity contribution in [2.45, 2.75) is 57.8 Å². The van der Waals surface area contributed by atoms with Crippen LogP contribution in [0.3, 0.4) is 0 Å². The fraction of sp³-hybridized carbons (Fsp3) is 0.917. The molecule has 1 atom stereocenters. The van der Waals surface area contributed by atoms with E-state index in [1.54, 1.807) is 0 Å². The summed E-state index contributed by atoms with van der Waals surface area (Å²) in [6.07, 6.45) is 11.8. The van der Waals surface area contributed by atoms with Crippen molar-refractivity contribution in [1.29, 1.82) is 0 Å². The molecule has 80 valence electrons. The topological polar surface area (TPSA) is 32.6 Å². The smallest absolute Gasteiger partial charge is 0.0604 e. The van der Waals surface area contributed by atoms with E-state index in [0.29, 0.717) is 5.92 Å². The SMILES string of the molecule is O/N=C1/CCCCC1C1CCCCC1. The van der Waals surface area contributed by atoms with Gasteiger partial charge in [0.25, 0.3) is 0 Å². The van der Waals surface area contributed by atoms with E-state index in [4.69, 9.17) is 5.21 Å². The van der Waals surface area contributed by atoms with Gasteiger partial charge in [-0.1, -0.05) is 30.8 Å². The molecule has 0 bridgehead atoms. The molecule has 0 saturated heterocycles. The lowest BCUT2D eigenvalue weighted by Gasteiger charge is -2.33. The quantitative estimate of drug-likeness (QED) is 0.503. The van der Waals surface area contributed by atoms with Gasteiger partial charge in [0.2, 0.25) is 0 Å². The van der Waals surface area contributed by atoms with Gasteiger partial charge in [-0.2, -0.15) is 0 Å². The summed E-state index contributed by atoms with van der Waals surface area (Å²) in [5, 5.41) is 12.5. The first-order valence-corrected chi connectivity index (χ1v) is 6.12. The predicted octanol–water partition coefficient (Wildman–Crippen LogP) is 3.59. The Morgan fingerprint density at radius 3 is 2.36 bits per heavy atom. The Balaban J connectivity index is 1.98. The zero-order chi connectivity index (χ0) is 9.80. The lowest BCUT2D eigenvalue weighted by molar-refractivity contribution is 0.256. The van der Waals surface area contributed by atoms with E-state index >= 15 is 0 Å². The summed E-state index contributed by atoms with van der Waals surface area (Å²) in [6.45, 7) is 0. The monoisotopic (exact) mass is 195 g/mol. The molecule has 1 unspecified atom stereocenters. The number of hydrogen-bond donors (Lipinski definition) is 1. The Morgan fingerprint density at radius 2 is 1.64 bits per heavy atom. The molecule has 2 heteroatoms. The van der Waals surface area contributed by atoms with E-state index in [9.17, 15) is 0 Å². The van der Waals surface area contributed by atoms with Crippen LogP contribution in [0.5, 0.6) is 0 Å². The lowest BCUT2D eigenvalue weighted by atomic mass is 9.72. The van der Waals surface area contributed by atoms with Crippen molar-refractivity contribution < 1.29 is 5.21 Å². The van der Waals surface area contributed by atoms with Crippen LogP contribution in [-0.4, -0.2) is 10.9 Å². The standard InChI is InChI=1S/C12H21NO/c14-13-12-9-5-4-8-11(12)10-6-2-1-3-7-10/h10-11,14H,1-9H2/b13-12-. The number of nitrogens with zero attached hydrogens (tertiary/aromatic N) is 1. The van der Waals surface area contributed by atoms with Gasteiger partial charge in [-0.3, -0.25) is 0 Å². The van der Waals surface area contributed by atoms with Crippen molar-refractivity contribution in [3.8, 4) is 0 Å². The molecule has 0 aromatic carbocycles. The Hall–Kier alpha value is -0.530. The minimum absolute atomic E-state index is 0.619. The first-order valence-electron chi connectivity index (χ1n) is 6.12. The van der Waals surface area contributed by atoms with Crippen LogP contribution in [-0.2, 0) is 0 Å². The molecule has 0 spiro atoms. The third-order valence-corrected chi connectivity index (χ3v) is 3.97. The van der Waals surface area contributed by atoms with Crippen molar-refractivity contribution in [2.24, 2.45) is 17.0 Å². The first kappa shape index (κ1) is 10.0. The third kappa shape index (κ3) is 2.10. The normalized spacial score (nSPS) is 33.4. The number of rotatable bonds is 1. The van der Waals surface area contributed by atoms with Crippen LogP contribution in [0.25, 0.3) is 0 Å². The van der Waals surface area contributed by atoms with Crippen LogP contribution in [0.4, 0.5) is 0 Å². The zero-order valence-corrected chi connectivity index (χ0v) is 8.91. The number of hydrogen-bond acceptors (Lipinski definition) is 2. The van der Waals surface area contributed by atoms with Crippen LogP contribution in [0.2, 0.25) is 0 Å². The van der Waals surface area contributed by atoms with Gasteiger partial charge in [-0.25, -0.2) is 0 Å². The molecular weight excluding hydrogens is 174 g/mol. The van der Waals surface area contributed by atoms with E-state index in [2.05, 4.69) is 5.16 Å². The second kappa shape index (κ2) is 4.81. The van der Waals surface area contributed by atoms with Gasteiger partial charge in [0.1, 0.15) is 0 Å². The highest BCUT2D eigenvalue weighted by molar-refractivity contribution is 5.87. The van der Waals surface area contributed by atoms with Gasteiger partial charge in [0.05, 0.1) is 5.71 Å². The molecule has 0 aromatic heterocycles. The molecule has 0 aliphatic heterocycles. The van der Waals surface area contributed by atoms with Crippen molar-refractivity contribution in [2.75, 3.05) is 0 Å². The van der Waals surface area contributed by atoms with Gasteiger partial charge in [0.15, 0.2) is 0 Å². The van der Waals surface area contributed by atoms with Gasteiger partial charge >= 0.3 is 0 Å². The largest absolute Gasteiger partial charge is 0.411 e. The first-order chi connectivity index (χ1) is 6.92.